The number of rotatable bonds is 1. The zero-order valence-electron chi connectivity index (χ0n) is 9.34. The van der Waals surface area contributed by atoms with E-state index in [1.165, 1.54) is 17.8 Å². The van der Waals surface area contributed by atoms with Gasteiger partial charge in [-0.25, -0.2) is 0 Å². The summed E-state index contributed by atoms with van der Waals surface area (Å²) in [6.07, 6.45) is 0. The Morgan fingerprint density at radius 1 is 1.21 bits per heavy atom. The van der Waals surface area contributed by atoms with Gasteiger partial charge in [-0.05, 0) is 29.8 Å². The molecule has 2 aromatic carbocycles. The topological polar surface area (TPSA) is 29.1 Å². The van der Waals surface area contributed by atoms with E-state index < -0.39 is 5.24 Å². The molecule has 0 amide bonds. The van der Waals surface area contributed by atoms with Crippen LogP contribution in [-0.4, -0.2) is 5.24 Å². The van der Waals surface area contributed by atoms with Crippen molar-refractivity contribution in [3.05, 3.63) is 45.9 Å². The van der Waals surface area contributed by atoms with E-state index in [1.54, 1.807) is 0 Å². The van der Waals surface area contributed by atoms with Crippen LogP contribution in [0.5, 0.6) is 0 Å². The van der Waals surface area contributed by atoms with E-state index in [2.05, 4.69) is 5.32 Å². The van der Waals surface area contributed by atoms with Gasteiger partial charge in [-0.15, -0.1) is 0 Å². The number of nitrogens with one attached hydrogen (secondary N) is 1. The lowest BCUT2D eigenvalue weighted by atomic mass is 10.1. The summed E-state index contributed by atoms with van der Waals surface area (Å²) in [5.74, 6) is 0. The molecule has 0 radical (unpaired) electrons. The molecule has 0 saturated carbocycles. The van der Waals surface area contributed by atoms with Gasteiger partial charge in [0.25, 0.3) is 5.24 Å². The molecule has 2 aromatic rings. The van der Waals surface area contributed by atoms with Crippen molar-refractivity contribution < 1.29 is 4.79 Å². The minimum Gasteiger partial charge on any atom is -0.353 e. The highest BCUT2D eigenvalue weighted by atomic mass is 35.5. The molecule has 0 atom stereocenters. The van der Waals surface area contributed by atoms with E-state index in [-0.39, 0.29) is 0 Å². The Balaban J connectivity index is 2.24. The normalized spacial score (nSPS) is 12.4. The Bertz CT molecular complexity index is 703. The summed E-state index contributed by atoms with van der Waals surface area (Å²) < 4.78 is 0. The first-order valence-electron chi connectivity index (χ1n) is 5.33. The molecule has 1 aliphatic rings. The van der Waals surface area contributed by atoms with E-state index in [0.29, 0.717) is 21.3 Å². The molecule has 6 heteroatoms. The van der Waals surface area contributed by atoms with Crippen molar-refractivity contribution in [2.45, 2.75) is 9.79 Å². The van der Waals surface area contributed by atoms with Gasteiger partial charge in [-0.2, -0.15) is 0 Å². The van der Waals surface area contributed by atoms with Crippen LogP contribution < -0.4 is 5.32 Å². The van der Waals surface area contributed by atoms with E-state index >= 15 is 0 Å². The van der Waals surface area contributed by atoms with Crippen molar-refractivity contribution in [3.63, 3.8) is 0 Å². The average molecular weight is 331 g/mol. The van der Waals surface area contributed by atoms with Crippen LogP contribution >= 0.6 is 46.6 Å². The van der Waals surface area contributed by atoms with E-state index in [0.717, 1.165) is 15.5 Å². The SMILES string of the molecule is O=C(Cl)c1cc(Cl)c(Cl)c2c1Nc1ccccc1S2. The van der Waals surface area contributed by atoms with Crippen LogP contribution in [-0.2, 0) is 0 Å². The van der Waals surface area contributed by atoms with Crippen molar-refractivity contribution in [2.24, 2.45) is 0 Å². The number of hydrogen-bond donors (Lipinski definition) is 1. The van der Waals surface area contributed by atoms with E-state index in [1.807, 2.05) is 24.3 Å². The van der Waals surface area contributed by atoms with Crippen molar-refractivity contribution >= 4 is 63.2 Å². The number of hydrogen-bond acceptors (Lipinski definition) is 3. The lowest BCUT2D eigenvalue weighted by Crippen LogP contribution is -2.06. The molecular weight excluding hydrogens is 325 g/mol. The Morgan fingerprint density at radius 3 is 2.68 bits per heavy atom. The molecule has 0 saturated heterocycles. The highest BCUT2D eigenvalue weighted by molar-refractivity contribution is 7.99. The van der Waals surface area contributed by atoms with Gasteiger partial charge in [-0.3, -0.25) is 4.79 Å². The molecule has 0 fully saturated rings. The fraction of sp³-hybridized carbons (Fsp3) is 0. The summed E-state index contributed by atoms with van der Waals surface area (Å²) >= 11 is 19.3. The number of carbonyl (C=O) groups is 1. The zero-order valence-corrected chi connectivity index (χ0v) is 12.4. The van der Waals surface area contributed by atoms with Crippen molar-refractivity contribution in [3.8, 4) is 0 Å². The smallest absolute Gasteiger partial charge is 0.254 e. The fourth-order valence-corrected chi connectivity index (χ4v) is 3.61. The van der Waals surface area contributed by atoms with Gasteiger partial charge in [0.15, 0.2) is 0 Å². The van der Waals surface area contributed by atoms with Crippen LogP contribution in [0.2, 0.25) is 10.0 Å². The number of carbonyl (C=O) groups excluding carboxylic acids is 1. The van der Waals surface area contributed by atoms with Crippen LogP contribution in [0, 0.1) is 0 Å². The monoisotopic (exact) mass is 329 g/mol. The molecular formula is C13H6Cl3NOS. The molecule has 1 N–H and O–H groups in total. The quantitative estimate of drug-likeness (QED) is 0.590. The number of anilines is 2. The largest absolute Gasteiger partial charge is 0.353 e. The first-order valence-corrected chi connectivity index (χ1v) is 7.28. The van der Waals surface area contributed by atoms with Gasteiger partial charge in [0, 0.05) is 4.90 Å². The second-order valence-corrected chi connectivity index (χ2v) is 6.10. The molecule has 0 unspecified atom stereocenters. The van der Waals surface area contributed by atoms with Crippen LogP contribution in [0.25, 0.3) is 0 Å². The van der Waals surface area contributed by atoms with E-state index in [4.69, 9.17) is 34.8 Å². The minimum atomic E-state index is -0.567. The summed E-state index contributed by atoms with van der Waals surface area (Å²) in [5.41, 5.74) is 1.85. The summed E-state index contributed by atoms with van der Waals surface area (Å²) in [7, 11) is 0. The predicted molar refractivity (Wildman–Crippen MR) is 80.5 cm³/mol. The number of halogens is 3. The van der Waals surface area contributed by atoms with E-state index in [9.17, 15) is 4.79 Å². The summed E-state index contributed by atoms with van der Waals surface area (Å²) in [6, 6.07) is 9.23. The third kappa shape index (κ3) is 2.21. The van der Waals surface area contributed by atoms with Crippen LogP contribution in [0.15, 0.2) is 40.1 Å². The Hall–Kier alpha value is -0.870. The lowest BCUT2D eigenvalue weighted by molar-refractivity contribution is 0.108. The van der Waals surface area contributed by atoms with Gasteiger partial charge >= 0.3 is 0 Å². The fourth-order valence-electron chi connectivity index (χ4n) is 1.88. The number of fused-ring (bicyclic) bond motifs is 2. The molecule has 3 rings (SSSR count). The Kier molecular flexibility index (Phi) is 3.39. The van der Waals surface area contributed by atoms with Crippen molar-refractivity contribution in [1.82, 2.24) is 0 Å². The Labute approximate surface area is 129 Å². The van der Waals surface area contributed by atoms with Gasteiger partial charge in [0.05, 0.1) is 31.9 Å². The third-order valence-electron chi connectivity index (χ3n) is 2.75. The number of para-hydroxylation sites is 1. The Morgan fingerprint density at radius 2 is 1.95 bits per heavy atom. The lowest BCUT2D eigenvalue weighted by Gasteiger charge is -2.23. The molecule has 0 spiro atoms. The maximum atomic E-state index is 11.5. The molecule has 2 nitrogen and oxygen atoms in total. The van der Waals surface area contributed by atoms with Gasteiger partial charge in [-0.1, -0.05) is 47.1 Å². The first-order chi connectivity index (χ1) is 9.08. The molecule has 0 aromatic heterocycles. The maximum Gasteiger partial charge on any atom is 0.254 e. The molecule has 1 heterocycles. The minimum absolute atomic E-state index is 0.318. The third-order valence-corrected chi connectivity index (χ3v) is 5.04. The van der Waals surface area contributed by atoms with Gasteiger partial charge in [0.2, 0.25) is 0 Å². The van der Waals surface area contributed by atoms with Crippen LogP contribution in [0.3, 0.4) is 0 Å². The van der Waals surface area contributed by atoms with Crippen molar-refractivity contribution in [2.75, 3.05) is 5.32 Å². The molecule has 1 aliphatic heterocycles. The van der Waals surface area contributed by atoms with Crippen LogP contribution in [0.1, 0.15) is 10.4 Å². The van der Waals surface area contributed by atoms with Gasteiger partial charge < -0.3 is 5.32 Å². The molecule has 0 aliphatic carbocycles. The highest BCUT2D eigenvalue weighted by Crippen LogP contribution is 2.50. The van der Waals surface area contributed by atoms with Crippen molar-refractivity contribution in [1.29, 1.82) is 0 Å². The summed E-state index contributed by atoms with van der Waals surface area (Å²) in [6.45, 7) is 0. The molecule has 19 heavy (non-hydrogen) atoms. The molecule has 0 bridgehead atoms. The second kappa shape index (κ2) is 4.91. The maximum absolute atomic E-state index is 11.5. The highest BCUT2D eigenvalue weighted by Gasteiger charge is 2.25. The average Bonchev–Trinajstić information content (AvgIpc) is 2.41. The zero-order chi connectivity index (χ0) is 13.6. The summed E-state index contributed by atoms with van der Waals surface area (Å²) in [5, 5.41) is 3.36. The predicted octanol–water partition coefficient (Wildman–Crippen LogP) is 5.58. The standard InChI is InChI=1S/C13H6Cl3NOS/c14-7-5-6(13(16)18)11-12(10(7)15)19-9-4-2-1-3-8(9)17-11/h1-5,17H. The summed E-state index contributed by atoms with van der Waals surface area (Å²) in [4.78, 5) is 13.2. The number of benzene rings is 2. The second-order valence-electron chi connectivity index (χ2n) is 3.92. The van der Waals surface area contributed by atoms with Gasteiger partial charge in [0.1, 0.15) is 0 Å². The molecule has 96 valence electrons. The van der Waals surface area contributed by atoms with Crippen LogP contribution in [0.4, 0.5) is 11.4 Å². The first kappa shape index (κ1) is 13.1.